The average molecular weight is 340 g/mol. The molecule has 1 fully saturated rings. The second kappa shape index (κ2) is 7.37. The van der Waals surface area contributed by atoms with Crippen molar-refractivity contribution in [3.8, 4) is 0 Å². The van der Waals surface area contributed by atoms with Gasteiger partial charge in [-0.05, 0) is 30.5 Å². The Balaban J connectivity index is 1.38. The normalized spacial score (nSPS) is 21.1. The number of rotatable bonds is 4. The van der Waals surface area contributed by atoms with Gasteiger partial charge < -0.3 is 9.64 Å². The van der Waals surface area contributed by atoms with Crippen LogP contribution in [0.5, 0.6) is 0 Å². The van der Waals surface area contributed by atoms with Crippen LogP contribution in [0.2, 0.25) is 0 Å². The monoisotopic (exact) mass is 340 g/mol. The van der Waals surface area contributed by atoms with Gasteiger partial charge in [0.25, 0.3) is 0 Å². The summed E-state index contributed by atoms with van der Waals surface area (Å²) in [5.41, 5.74) is 2.36. The maximum absolute atomic E-state index is 12.9. The van der Waals surface area contributed by atoms with Crippen molar-refractivity contribution in [1.82, 2.24) is 14.7 Å². The number of ether oxygens (including phenoxy) is 1. The van der Waals surface area contributed by atoms with Crippen molar-refractivity contribution in [2.75, 3.05) is 37.7 Å². The highest BCUT2D eigenvalue weighted by Gasteiger charge is 2.27. The van der Waals surface area contributed by atoms with Crippen molar-refractivity contribution in [1.29, 1.82) is 0 Å². The Hall–Kier alpha value is -2.18. The molecule has 1 aromatic heterocycles. The Kier molecular flexibility index (Phi) is 4.81. The summed E-state index contributed by atoms with van der Waals surface area (Å²) in [4.78, 5) is 17.0. The van der Waals surface area contributed by atoms with Crippen LogP contribution in [0.4, 0.5) is 5.69 Å². The standard InChI is InChI=1S/C19H24N4O2/c24-19(23-10-3-6-16-5-1-2-7-18(16)23)15-21-11-12-25-17(13-21)14-22-9-4-8-20-22/h1-2,4-5,7-9,17H,3,6,10-15H2/t17-/m1/s1. The van der Waals surface area contributed by atoms with E-state index < -0.39 is 0 Å². The number of hydrogen-bond donors (Lipinski definition) is 0. The SMILES string of the molecule is O=C(CN1CCO[C@@H](Cn2cccn2)C1)N1CCCc2ccccc21. The van der Waals surface area contributed by atoms with E-state index in [1.54, 1.807) is 6.20 Å². The molecule has 132 valence electrons. The molecule has 0 bridgehead atoms. The first kappa shape index (κ1) is 16.3. The first-order valence-electron chi connectivity index (χ1n) is 8.99. The Morgan fingerprint density at radius 2 is 2.16 bits per heavy atom. The molecule has 6 nitrogen and oxygen atoms in total. The van der Waals surface area contributed by atoms with E-state index in [1.807, 2.05) is 27.9 Å². The molecule has 2 aliphatic heterocycles. The number of aryl methyl sites for hydroxylation is 1. The van der Waals surface area contributed by atoms with Crippen LogP contribution < -0.4 is 4.90 Å². The fourth-order valence-corrected chi connectivity index (χ4v) is 3.72. The lowest BCUT2D eigenvalue weighted by Gasteiger charge is -2.35. The van der Waals surface area contributed by atoms with Gasteiger partial charge in [0, 0.05) is 37.7 Å². The van der Waals surface area contributed by atoms with Gasteiger partial charge in [-0.25, -0.2) is 0 Å². The predicted octanol–water partition coefficient (Wildman–Crippen LogP) is 1.56. The van der Waals surface area contributed by atoms with Crippen molar-refractivity contribution in [3.63, 3.8) is 0 Å². The number of aromatic nitrogens is 2. The second-order valence-electron chi connectivity index (χ2n) is 6.73. The number of anilines is 1. The van der Waals surface area contributed by atoms with E-state index in [0.717, 1.165) is 44.7 Å². The molecule has 1 atom stereocenters. The van der Waals surface area contributed by atoms with Crippen molar-refractivity contribution in [2.24, 2.45) is 0 Å². The van der Waals surface area contributed by atoms with Gasteiger partial charge in [-0.3, -0.25) is 14.4 Å². The Morgan fingerprint density at radius 1 is 1.24 bits per heavy atom. The summed E-state index contributed by atoms with van der Waals surface area (Å²) in [6, 6.07) is 10.2. The number of carbonyl (C=O) groups is 1. The van der Waals surface area contributed by atoms with Crippen LogP contribution in [0.3, 0.4) is 0 Å². The molecule has 0 N–H and O–H groups in total. The molecule has 1 saturated heterocycles. The first-order chi connectivity index (χ1) is 12.3. The van der Waals surface area contributed by atoms with Gasteiger partial charge in [-0.2, -0.15) is 5.10 Å². The molecule has 1 aromatic carbocycles. The third-order valence-electron chi connectivity index (χ3n) is 4.94. The number of amides is 1. The minimum atomic E-state index is 0.0788. The van der Waals surface area contributed by atoms with Crippen molar-refractivity contribution < 1.29 is 9.53 Å². The van der Waals surface area contributed by atoms with Crippen LogP contribution in [-0.4, -0.2) is 59.5 Å². The molecule has 0 radical (unpaired) electrons. The molecular weight excluding hydrogens is 316 g/mol. The molecule has 0 spiro atoms. The van der Waals surface area contributed by atoms with Crippen LogP contribution >= 0.6 is 0 Å². The third kappa shape index (κ3) is 3.75. The summed E-state index contributed by atoms with van der Waals surface area (Å²) < 4.78 is 7.72. The lowest BCUT2D eigenvalue weighted by molar-refractivity contribution is -0.122. The van der Waals surface area contributed by atoms with Crippen molar-refractivity contribution in [3.05, 3.63) is 48.3 Å². The molecule has 6 heteroatoms. The third-order valence-corrected chi connectivity index (χ3v) is 4.94. The summed E-state index contributed by atoms with van der Waals surface area (Å²) in [5, 5.41) is 4.24. The molecule has 4 rings (SSSR count). The van der Waals surface area contributed by atoms with Gasteiger partial charge in [0.05, 0.1) is 25.8 Å². The van der Waals surface area contributed by atoms with Crippen LogP contribution in [-0.2, 0) is 22.5 Å². The zero-order valence-electron chi connectivity index (χ0n) is 14.4. The maximum Gasteiger partial charge on any atom is 0.241 e. The highest BCUT2D eigenvalue weighted by molar-refractivity contribution is 5.95. The summed E-state index contributed by atoms with van der Waals surface area (Å²) in [6.45, 7) is 4.22. The Labute approximate surface area is 148 Å². The van der Waals surface area contributed by atoms with Crippen LogP contribution in [0.1, 0.15) is 12.0 Å². The molecule has 1 amide bonds. The minimum absolute atomic E-state index is 0.0788. The van der Waals surface area contributed by atoms with E-state index in [2.05, 4.69) is 28.2 Å². The summed E-state index contributed by atoms with van der Waals surface area (Å²) >= 11 is 0. The zero-order chi connectivity index (χ0) is 17.1. The van der Waals surface area contributed by atoms with Crippen LogP contribution in [0, 0.1) is 0 Å². The quantitative estimate of drug-likeness (QED) is 0.848. The summed E-state index contributed by atoms with van der Waals surface area (Å²) in [7, 11) is 0. The fourth-order valence-electron chi connectivity index (χ4n) is 3.72. The average Bonchev–Trinajstić information content (AvgIpc) is 3.14. The molecule has 0 saturated carbocycles. The number of carbonyl (C=O) groups excluding carboxylic acids is 1. The maximum atomic E-state index is 12.9. The van der Waals surface area contributed by atoms with Gasteiger partial charge in [0.2, 0.25) is 5.91 Å². The van der Waals surface area contributed by atoms with Gasteiger partial charge in [0.1, 0.15) is 0 Å². The van der Waals surface area contributed by atoms with Crippen molar-refractivity contribution >= 4 is 11.6 Å². The number of morpholine rings is 1. The molecule has 2 aromatic rings. The summed E-state index contributed by atoms with van der Waals surface area (Å²) in [6.07, 6.45) is 5.89. The largest absolute Gasteiger partial charge is 0.374 e. The smallest absolute Gasteiger partial charge is 0.241 e. The van der Waals surface area contributed by atoms with E-state index >= 15 is 0 Å². The highest BCUT2D eigenvalue weighted by atomic mass is 16.5. The molecular formula is C19H24N4O2. The predicted molar refractivity (Wildman–Crippen MR) is 95.5 cm³/mol. The molecule has 2 aliphatic rings. The lowest BCUT2D eigenvalue weighted by atomic mass is 10.0. The Bertz CT molecular complexity index is 716. The van der Waals surface area contributed by atoms with Gasteiger partial charge in [-0.1, -0.05) is 18.2 Å². The second-order valence-corrected chi connectivity index (χ2v) is 6.73. The van der Waals surface area contributed by atoms with E-state index in [-0.39, 0.29) is 12.0 Å². The highest BCUT2D eigenvalue weighted by Crippen LogP contribution is 2.26. The molecule has 0 aliphatic carbocycles. The number of fused-ring (bicyclic) bond motifs is 1. The first-order valence-corrected chi connectivity index (χ1v) is 8.99. The zero-order valence-corrected chi connectivity index (χ0v) is 14.4. The van der Waals surface area contributed by atoms with E-state index in [4.69, 9.17) is 4.74 Å². The van der Waals surface area contributed by atoms with Gasteiger partial charge in [0.15, 0.2) is 0 Å². The number of nitrogens with zero attached hydrogens (tertiary/aromatic N) is 4. The van der Waals surface area contributed by atoms with Gasteiger partial charge >= 0.3 is 0 Å². The summed E-state index contributed by atoms with van der Waals surface area (Å²) in [5.74, 6) is 0.187. The molecule has 0 unspecified atom stereocenters. The van der Waals surface area contributed by atoms with E-state index in [9.17, 15) is 4.79 Å². The molecule has 25 heavy (non-hydrogen) atoms. The topological polar surface area (TPSA) is 50.6 Å². The lowest BCUT2D eigenvalue weighted by Crippen LogP contribution is -2.49. The van der Waals surface area contributed by atoms with E-state index in [1.165, 1.54) is 5.56 Å². The number of para-hydroxylation sites is 1. The van der Waals surface area contributed by atoms with Gasteiger partial charge in [-0.15, -0.1) is 0 Å². The fraction of sp³-hybridized carbons (Fsp3) is 0.474. The van der Waals surface area contributed by atoms with Crippen LogP contribution in [0.15, 0.2) is 42.7 Å². The van der Waals surface area contributed by atoms with Crippen molar-refractivity contribution in [2.45, 2.75) is 25.5 Å². The minimum Gasteiger partial charge on any atom is -0.374 e. The number of hydrogen-bond acceptors (Lipinski definition) is 4. The van der Waals surface area contributed by atoms with Crippen LogP contribution in [0.25, 0.3) is 0 Å². The molecule has 3 heterocycles. The Morgan fingerprint density at radius 3 is 3.04 bits per heavy atom. The number of benzene rings is 1. The van der Waals surface area contributed by atoms with E-state index in [0.29, 0.717) is 13.2 Å².